The first kappa shape index (κ1) is 41.6. The average Bonchev–Trinajstić information content (AvgIpc) is 3.09. The van der Waals surface area contributed by atoms with E-state index in [1.54, 1.807) is 0 Å². The molecule has 0 bridgehead atoms. The van der Waals surface area contributed by atoms with Crippen LogP contribution in [0.2, 0.25) is 0 Å². The van der Waals surface area contributed by atoms with E-state index in [-0.39, 0.29) is 11.5 Å². The van der Waals surface area contributed by atoms with E-state index in [2.05, 4.69) is 48.2 Å². The van der Waals surface area contributed by atoms with Gasteiger partial charge < -0.3 is 14.4 Å². The van der Waals surface area contributed by atoms with Gasteiger partial charge in [0.1, 0.15) is 11.4 Å². The lowest BCUT2D eigenvalue weighted by Gasteiger charge is -2.37. The Morgan fingerprint density at radius 2 is 1.00 bits per heavy atom. The molecule has 9 nitrogen and oxygen atoms in total. The fraction of sp³-hybridized carbons (Fsp3) is 0.538. The van der Waals surface area contributed by atoms with Crippen LogP contribution in [0.4, 0.5) is 0 Å². The topological polar surface area (TPSA) is 130 Å². The Hall–Kier alpha value is -2.80. The third-order valence-electron chi connectivity index (χ3n) is 8.87. The van der Waals surface area contributed by atoms with Gasteiger partial charge in [0.2, 0.25) is 0 Å². The van der Waals surface area contributed by atoms with Crippen molar-refractivity contribution in [2.45, 2.75) is 89.6 Å². The molecular formula is C39H57NO8S2. The normalized spacial score (nSPS) is 12.4. The molecule has 0 heterocycles. The maximum Gasteiger partial charge on any atom is 0.264 e. The minimum absolute atomic E-state index is 0.298. The number of hydrogen-bond donors (Lipinski definition) is 2. The minimum atomic E-state index is -4.05. The number of unbranched alkanes of at least 4 members (excludes halogenated alkanes) is 9. The van der Waals surface area contributed by atoms with Crippen molar-refractivity contribution in [1.82, 2.24) is 4.90 Å². The first-order valence-corrected chi connectivity index (χ1v) is 21.4. The van der Waals surface area contributed by atoms with Crippen molar-refractivity contribution in [3.8, 4) is 5.75 Å². The van der Waals surface area contributed by atoms with Crippen LogP contribution >= 0.6 is 0 Å². The van der Waals surface area contributed by atoms with E-state index in [4.69, 9.17) is 18.6 Å². The number of ether oxygens (including phenoxy) is 2. The van der Waals surface area contributed by atoms with E-state index in [0.717, 1.165) is 28.9 Å². The predicted molar refractivity (Wildman–Crippen MR) is 201 cm³/mol. The highest BCUT2D eigenvalue weighted by Crippen LogP contribution is 2.41. The van der Waals surface area contributed by atoms with Gasteiger partial charge in [0.15, 0.2) is 0 Å². The number of nitrogens with zero attached hydrogens (tertiary/aromatic N) is 1. The SMILES string of the molecule is CCCCCCCCCCOc1ccc(C(OCCN(CCCCS(=O)(=O)O)CCCCS(=O)(=O)O)(c2ccccc2)c2ccccc2)cc1. The summed E-state index contributed by atoms with van der Waals surface area (Å²) >= 11 is 0. The molecule has 278 valence electrons. The summed E-state index contributed by atoms with van der Waals surface area (Å²) in [5.41, 5.74) is 1.93. The smallest absolute Gasteiger partial charge is 0.264 e. The number of hydrogen-bond acceptors (Lipinski definition) is 7. The van der Waals surface area contributed by atoms with Crippen molar-refractivity contribution in [2.24, 2.45) is 0 Å². The molecule has 0 aliphatic carbocycles. The van der Waals surface area contributed by atoms with E-state index >= 15 is 0 Å². The maximum atomic E-state index is 11.2. The molecule has 0 unspecified atom stereocenters. The summed E-state index contributed by atoms with van der Waals surface area (Å²) in [5, 5.41) is 0. The Morgan fingerprint density at radius 1 is 0.540 bits per heavy atom. The van der Waals surface area contributed by atoms with Crippen molar-refractivity contribution >= 4 is 20.2 Å². The van der Waals surface area contributed by atoms with Crippen LogP contribution in [-0.4, -0.2) is 75.2 Å². The van der Waals surface area contributed by atoms with Crippen molar-refractivity contribution in [2.75, 3.05) is 44.4 Å². The van der Waals surface area contributed by atoms with Gasteiger partial charge in [-0.05, 0) is 74.0 Å². The third kappa shape index (κ3) is 15.6. The molecule has 3 aromatic rings. The van der Waals surface area contributed by atoms with Crippen molar-refractivity contribution in [1.29, 1.82) is 0 Å². The zero-order valence-electron chi connectivity index (χ0n) is 29.6. The van der Waals surface area contributed by atoms with E-state index in [1.807, 2.05) is 48.5 Å². The fourth-order valence-corrected chi connectivity index (χ4v) is 7.35. The molecule has 0 radical (unpaired) electrons. The van der Waals surface area contributed by atoms with Crippen LogP contribution < -0.4 is 4.74 Å². The predicted octanol–water partition coefficient (Wildman–Crippen LogP) is 8.15. The zero-order valence-corrected chi connectivity index (χ0v) is 31.3. The van der Waals surface area contributed by atoms with Gasteiger partial charge >= 0.3 is 0 Å². The summed E-state index contributed by atoms with van der Waals surface area (Å²) in [7, 11) is -8.10. The highest BCUT2D eigenvalue weighted by atomic mass is 32.2. The fourth-order valence-electron chi connectivity index (χ4n) is 6.21. The first-order chi connectivity index (χ1) is 24.0. The molecule has 0 atom stereocenters. The van der Waals surface area contributed by atoms with Crippen LogP contribution in [0.15, 0.2) is 84.9 Å². The molecule has 50 heavy (non-hydrogen) atoms. The summed E-state index contributed by atoms with van der Waals surface area (Å²) in [6, 6.07) is 28.3. The molecule has 0 saturated heterocycles. The van der Waals surface area contributed by atoms with Crippen molar-refractivity contribution < 1.29 is 35.4 Å². The zero-order chi connectivity index (χ0) is 36.1. The summed E-state index contributed by atoms with van der Waals surface area (Å²) in [5.74, 6) is 0.182. The van der Waals surface area contributed by atoms with Gasteiger partial charge in [-0.3, -0.25) is 9.11 Å². The summed E-state index contributed by atoms with van der Waals surface area (Å²) in [4.78, 5) is 2.11. The minimum Gasteiger partial charge on any atom is -0.494 e. The molecule has 0 amide bonds. The van der Waals surface area contributed by atoms with E-state index < -0.39 is 25.8 Å². The molecule has 0 aliphatic heterocycles. The van der Waals surface area contributed by atoms with Crippen molar-refractivity contribution in [3.05, 3.63) is 102 Å². The van der Waals surface area contributed by atoms with Gasteiger partial charge in [0.05, 0.1) is 24.7 Å². The summed E-state index contributed by atoms with van der Waals surface area (Å²) in [6.07, 6.45) is 11.6. The number of rotatable bonds is 27. The lowest BCUT2D eigenvalue weighted by molar-refractivity contribution is 0.000664. The van der Waals surface area contributed by atoms with E-state index in [1.165, 1.54) is 44.9 Å². The molecule has 0 saturated carbocycles. The molecule has 0 spiro atoms. The van der Waals surface area contributed by atoms with Gasteiger partial charge in [-0.2, -0.15) is 16.8 Å². The van der Waals surface area contributed by atoms with Gasteiger partial charge in [-0.1, -0.05) is 125 Å². The molecule has 3 rings (SSSR count). The Morgan fingerprint density at radius 3 is 1.48 bits per heavy atom. The second kappa shape index (κ2) is 22.2. The van der Waals surface area contributed by atoms with Crippen LogP contribution in [0.3, 0.4) is 0 Å². The quantitative estimate of drug-likeness (QED) is 0.0453. The van der Waals surface area contributed by atoms with Crippen LogP contribution in [0.1, 0.15) is 101 Å². The van der Waals surface area contributed by atoms with Crippen LogP contribution in [0.5, 0.6) is 5.75 Å². The lowest BCUT2D eigenvalue weighted by Crippen LogP contribution is -2.37. The standard InChI is InChI=1S/C39H57NO8S2/c1-2-3-4-5-6-7-8-17-31-47-38-26-24-37(25-27-38)39(35-20-11-9-12-21-35,36-22-13-10-14-23-36)48-32-30-40(28-15-18-33-49(41,42)43)29-16-19-34-50(44,45)46/h9-14,20-27H,2-8,15-19,28-34H2,1H3,(H,41,42,43)(H,44,45,46). The van der Waals surface area contributed by atoms with Gasteiger partial charge in [-0.25, -0.2) is 0 Å². The maximum absolute atomic E-state index is 11.2. The second-order valence-corrected chi connectivity index (χ2v) is 16.1. The molecular weight excluding hydrogens is 675 g/mol. The molecule has 0 aromatic heterocycles. The van der Waals surface area contributed by atoms with Gasteiger partial charge in [-0.15, -0.1) is 0 Å². The molecule has 2 N–H and O–H groups in total. The van der Waals surface area contributed by atoms with Gasteiger partial charge in [0, 0.05) is 6.54 Å². The van der Waals surface area contributed by atoms with Crippen LogP contribution in [-0.2, 0) is 30.6 Å². The summed E-state index contributed by atoms with van der Waals surface area (Å²) in [6.45, 7) is 4.81. The largest absolute Gasteiger partial charge is 0.494 e. The second-order valence-electron chi connectivity index (χ2n) is 12.9. The molecule has 11 heteroatoms. The highest BCUT2D eigenvalue weighted by molar-refractivity contribution is 7.86. The average molecular weight is 732 g/mol. The monoisotopic (exact) mass is 731 g/mol. The van der Waals surface area contributed by atoms with E-state index in [0.29, 0.717) is 58.5 Å². The molecule has 3 aromatic carbocycles. The van der Waals surface area contributed by atoms with Crippen LogP contribution in [0, 0.1) is 0 Å². The van der Waals surface area contributed by atoms with Gasteiger partial charge in [0.25, 0.3) is 20.2 Å². The van der Waals surface area contributed by atoms with Crippen molar-refractivity contribution in [3.63, 3.8) is 0 Å². The Kier molecular flexibility index (Phi) is 18.5. The third-order valence-corrected chi connectivity index (χ3v) is 10.5. The summed E-state index contributed by atoms with van der Waals surface area (Å²) < 4.78 is 76.4. The molecule has 0 aliphatic rings. The first-order valence-electron chi connectivity index (χ1n) is 18.1. The molecule has 0 fully saturated rings. The van der Waals surface area contributed by atoms with E-state index in [9.17, 15) is 16.8 Å². The Labute approximate surface area is 300 Å². The Bertz CT molecular complexity index is 1470. The number of benzene rings is 3. The van der Waals surface area contributed by atoms with Crippen LogP contribution in [0.25, 0.3) is 0 Å². The Balaban J connectivity index is 1.76. The highest BCUT2D eigenvalue weighted by Gasteiger charge is 2.37. The lowest BCUT2D eigenvalue weighted by atomic mass is 9.80.